The van der Waals surface area contributed by atoms with E-state index in [2.05, 4.69) is 152 Å². The molecule has 0 bridgehead atoms. The molecule has 0 spiro atoms. The van der Waals surface area contributed by atoms with Crippen LogP contribution in [0.25, 0.3) is 88.3 Å². The number of hydrogen-bond acceptors (Lipinski definition) is 2. The molecule has 2 nitrogen and oxygen atoms in total. The molecule has 0 aliphatic rings. The van der Waals surface area contributed by atoms with Gasteiger partial charge in [-0.05, 0) is 62.5 Å². The van der Waals surface area contributed by atoms with Gasteiger partial charge in [0.25, 0.3) is 0 Å². The summed E-state index contributed by atoms with van der Waals surface area (Å²) in [5.41, 5.74) is 10.5. The molecule has 0 radical (unpaired) electrons. The quantitative estimate of drug-likeness (QED) is 0.209. The molecule has 210 valence electrons. The Kier molecular flexibility index (Phi) is 5.85. The lowest BCUT2D eigenvalue weighted by atomic mass is 9.93. The number of furan rings is 1. The normalized spacial score (nSPS) is 11.6. The molecule has 2 heterocycles. The predicted molar refractivity (Wildman–Crippen MR) is 188 cm³/mol. The second-order valence-electron chi connectivity index (χ2n) is 11.5. The van der Waals surface area contributed by atoms with Crippen molar-refractivity contribution >= 4 is 43.5 Å². The van der Waals surface area contributed by atoms with Crippen LogP contribution in [0.4, 0.5) is 0 Å². The third-order valence-electron chi connectivity index (χ3n) is 8.85. The highest BCUT2D eigenvalue weighted by Crippen LogP contribution is 2.43. The number of pyridine rings is 1. The predicted octanol–water partition coefficient (Wildman–Crippen LogP) is 12.0. The molecule has 0 atom stereocenters. The van der Waals surface area contributed by atoms with Crippen LogP contribution in [0.1, 0.15) is 0 Å². The number of hydrogen-bond donors (Lipinski definition) is 0. The molecule has 0 saturated carbocycles. The van der Waals surface area contributed by atoms with Crippen LogP contribution in [0.5, 0.6) is 0 Å². The first-order chi connectivity index (χ1) is 22.3. The number of benzene rings is 7. The van der Waals surface area contributed by atoms with Crippen LogP contribution in [-0.4, -0.2) is 4.98 Å². The summed E-state index contributed by atoms with van der Waals surface area (Å²) in [6, 6.07) is 57.8. The van der Waals surface area contributed by atoms with E-state index < -0.39 is 0 Å². The number of nitrogens with zero attached hydrogens (tertiary/aromatic N) is 1. The zero-order valence-corrected chi connectivity index (χ0v) is 24.4. The van der Waals surface area contributed by atoms with E-state index in [0.29, 0.717) is 0 Å². The Labute approximate surface area is 260 Å². The standard InChI is InChI=1S/C43H27NO/c1-3-12-31(13-4-1)38-26-34(27-39(44-38)32-14-5-2-6-15-32)28-19-21-30(22-20-28)37-25-33-16-8-10-18-36(33)42-41-35-17-9-7-11-29(35)23-24-40(41)45-43(37)42/h1-27H. The molecule has 9 aromatic rings. The van der Waals surface area contributed by atoms with Crippen LogP contribution in [0, 0.1) is 0 Å². The van der Waals surface area contributed by atoms with Gasteiger partial charge in [0.1, 0.15) is 11.2 Å². The maximum atomic E-state index is 6.69. The molecule has 45 heavy (non-hydrogen) atoms. The minimum absolute atomic E-state index is 0.914. The molecule has 0 amide bonds. The lowest BCUT2D eigenvalue weighted by molar-refractivity contribution is 0.670. The fourth-order valence-electron chi connectivity index (χ4n) is 6.65. The first-order valence-electron chi connectivity index (χ1n) is 15.3. The van der Waals surface area contributed by atoms with Gasteiger partial charge in [-0.2, -0.15) is 0 Å². The number of aromatic nitrogens is 1. The summed E-state index contributed by atoms with van der Waals surface area (Å²) in [7, 11) is 0. The average Bonchev–Trinajstić information content (AvgIpc) is 3.53. The highest BCUT2D eigenvalue weighted by Gasteiger charge is 2.18. The summed E-state index contributed by atoms with van der Waals surface area (Å²) in [4.78, 5) is 5.06. The molecule has 7 aromatic carbocycles. The molecule has 0 N–H and O–H groups in total. The van der Waals surface area contributed by atoms with Crippen molar-refractivity contribution in [3.05, 3.63) is 164 Å². The van der Waals surface area contributed by atoms with Gasteiger partial charge in [0.05, 0.1) is 11.4 Å². The second-order valence-corrected chi connectivity index (χ2v) is 11.5. The van der Waals surface area contributed by atoms with Crippen molar-refractivity contribution in [2.24, 2.45) is 0 Å². The lowest BCUT2D eigenvalue weighted by Crippen LogP contribution is -1.91. The molecular formula is C43H27NO. The van der Waals surface area contributed by atoms with Crippen LogP contribution < -0.4 is 0 Å². The van der Waals surface area contributed by atoms with Gasteiger partial charge in [-0.3, -0.25) is 0 Å². The van der Waals surface area contributed by atoms with E-state index in [0.717, 1.165) is 55.9 Å². The molecular weight excluding hydrogens is 546 g/mol. The van der Waals surface area contributed by atoms with E-state index >= 15 is 0 Å². The maximum absolute atomic E-state index is 6.69. The third kappa shape index (κ3) is 4.30. The van der Waals surface area contributed by atoms with E-state index in [1.807, 2.05) is 12.1 Å². The zero-order valence-electron chi connectivity index (χ0n) is 24.4. The third-order valence-corrected chi connectivity index (χ3v) is 8.85. The van der Waals surface area contributed by atoms with Gasteiger partial charge in [0.15, 0.2) is 0 Å². The molecule has 0 aliphatic heterocycles. The Morgan fingerprint density at radius 1 is 0.378 bits per heavy atom. The van der Waals surface area contributed by atoms with E-state index in [1.54, 1.807) is 0 Å². The maximum Gasteiger partial charge on any atom is 0.143 e. The van der Waals surface area contributed by atoms with Crippen molar-refractivity contribution in [1.29, 1.82) is 0 Å². The number of rotatable bonds is 4. The van der Waals surface area contributed by atoms with Gasteiger partial charge in [0.2, 0.25) is 0 Å². The van der Waals surface area contributed by atoms with Gasteiger partial charge in [-0.1, -0.05) is 140 Å². The Bertz CT molecular complexity index is 2450. The SMILES string of the molecule is c1ccc(-c2cc(-c3ccc(-c4cc5ccccc5c5c4oc4ccc6ccccc6c45)cc3)cc(-c3ccccc3)n2)cc1. The van der Waals surface area contributed by atoms with Crippen LogP contribution in [-0.2, 0) is 0 Å². The van der Waals surface area contributed by atoms with E-state index in [-0.39, 0.29) is 0 Å². The van der Waals surface area contributed by atoms with E-state index in [9.17, 15) is 0 Å². The summed E-state index contributed by atoms with van der Waals surface area (Å²) in [6.45, 7) is 0. The summed E-state index contributed by atoms with van der Waals surface area (Å²) in [5.74, 6) is 0. The molecule has 2 aromatic heterocycles. The molecule has 2 heteroatoms. The van der Waals surface area contributed by atoms with Crippen molar-refractivity contribution in [1.82, 2.24) is 4.98 Å². The van der Waals surface area contributed by atoms with Crippen LogP contribution in [0.3, 0.4) is 0 Å². The van der Waals surface area contributed by atoms with Gasteiger partial charge >= 0.3 is 0 Å². The molecule has 0 unspecified atom stereocenters. The van der Waals surface area contributed by atoms with Crippen molar-refractivity contribution in [2.75, 3.05) is 0 Å². The topological polar surface area (TPSA) is 26.0 Å². The zero-order chi connectivity index (χ0) is 29.7. The van der Waals surface area contributed by atoms with Crippen LogP contribution in [0.2, 0.25) is 0 Å². The number of fused-ring (bicyclic) bond motifs is 7. The van der Waals surface area contributed by atoms with Crippen molar-refractivity contribution in [2.45, 2.75) is 0 Å². The Hall–Kier alpha value is -5.99. The Morgan fingerprint density at radius 2 is 0.933 bits per heavy atom. The summed E-state index contributed by atoms with van der Waals surface area (Å²) in [6.07, 6.45) is 0. The summed E-state index contributed by atoms with van der Waals surface area (Å²) in [5, 5.41) is 7.20. The van der Waals surface area contributed by atoms with Gasteiger partial charge in [0, 0.05) is 27.5 Å². The molecule has 0 aliphatic carbocycles. The summed E-state index contributed by atoms with van der Waals surface area (Å²) < 4.78 is 6.69. The van der Waals surface area contributed by atoms with Gasteiger partial charge in [-0.15, -0.1) is 0 Å². The Balaban J connectivity index is 1.22. The minimum Gasteiger partial charge on any atom is -0.455 e. The Morgan fingerprint density at radius 3 is 1.60 bits per heavy atom. The first-order valence-corrected chi connectivity index (χ1v) is 15.3. The van der Waals surface area contributed by atoms with Crippen molar-refractivity contribution in [3.8, 4) is 44.8 Å². The molecule has 0 fully saturated rings. The van der Waals surface area contributed by atoms with E-state index in [1.165, 1.54) is 32.3 Å². The molecule has 9 rings (SSSR count). The second kappa shape index (κ2) is 10.3. The smallest absolute Gasteiger partial charge is 0.143 e. The summed E-state index contributed by atoms with van der Waals surface area (Å²) >= 11 is 0. The van der Waals surface area contributed by atoms with Crippen molar-refractivity contribution < 1.29 is 4.42 Å². The van der Waals surface area contributed by atoms with Crippen LogP contribution >= 0.6 is 0 Å². The van der Waals surface area contributed by atoms with E-state index in [4.69, 9.17) is 9.40 Å². The van der Waals surface area contributed by atoms with Gasteiger partial charge < -0.3 is 4.42 Å². The molecule has 0 saturated heterocycles. The fourth-order valence-corrected chi connectivity index (χ4v) is 6.65. The highest BCUT2D eigenvalue weighted by molar-refractivity contribution is 6.28. The first kappa shape index (κ1) is 25.5. The average molecular weight is 574 g/mol. The largest absolute Gasteiger partial charge is 0.455 e. The fraction of sp³-hybridized carbons (Fsp3) is 0. The lowest BCUT2D eigenvalue weighted by Gasteiger charge is -2.11. The highest BCUT2D eigenvalue weighted by atomic mass is 16.3. The van der Waals surface area contributed by atoms with Crippen molar-refractivity contribution in [3.63, 3.8) is 0 Å². The van der Waals surface area contributed by atoms with Gasteiger partial charge in [-0.25, -0.2) is 4.98 Å². The minimum atomic E-state index is 0.914. The monoisotopic (exact) mass is 573 g/mol. The van der Waals surface area contributed by atoms with Crippen LogP contribution in [0.15, 0.2) is 168 Å².